The Kier molecular flexibility index (Phi) is 7.01. The standard InChI is InChI=1S/C13H27NO2/c1-4-13(5-2)16-9-6-7-14-8-10-15-11-12(14)3/h12-13H,4-11H2,1-3H3/t12-/m0/s1. The maximum Gasteiger partial charge on any atom is 0.0619 e. The van der Waals surface area contributed by atoms with Crippen LogP contribution in [-0.2, 0) is 9.47 Å². The van der Waals surface area contributed by atoms with Crippen LogP contribution in [0, 0.1) is 0 Å². The highest BCUT2D eigenvalue weighted by atomic mass is 16.5. The lowest BCUT2D eigenvalue weighted by Gasteiger charge is -2.33. The van der Waals surface area contributed by atoms with E-state index in [2.05, 4.69) is 25.7 Å². The summed E-state index contributed by atoms with van der Waals surface area (Å²) in [5, 5.41) is 0. The van der Waals surface area contributed by atoms with Crippen LogP contribution in [0.15, 0.2) is 0 Å². The predicted molar refractivity (Wildman–Crippen MR) is 66.8 cm³/mol. The molecule has 3 heteroatoms. The summed E-state index contributed by atoms with van der Waals surface area (Å²) in [7, 11) is 0. The molecule has 0 aromatic carbocycles. The van der Waals surface area contributed by atoms with E-state index in [-0.39, 0.29) is 0 Å². The van der Waals surface area contributed by atoms with Crippen LogP contribution in [0.4, 0.5) is 0 Å². The first kappa shape index (κ1) is 13.9. The van der Waals surface area contributed by atoms with Crippen molar-refractivity contribution >= 4 is 0 Å². The topological polar surface area (TPSA) is 21.7 Å². The second-order valence-corrected chi connectivity index (χ2v) is 4.62. The lowest BCUT2D eigenvalue weighted by atomic mass is 10.2. The molecule has 0 amide bonds. The first-order chi connectivity index (χ1) is 7.77. The highest BCUT2D eigenvalue weighted by Crippen LogP contribution is 2.08. The number of morpholine rings is 1. The van der Waals surface area contributed by atoms with Crippen molar-refractivity contribution in [3.8, 4) is 0 Å². The molecule has 0 bridgehead atoms. The van der Waals surface area contributed by atoms with Gasteiger partial charge in [0.15, 0.2) is 0 Å². The van der Waals surface area contributed by atoms with E-state index in [1.807, 2.05) is 0 Å². The fraction of sp³-hybridized carbons (Fsp3) is 1.00. The highest BCUT2D eigenvalue weighted by Gasteiger charge is 2.17. The highest BCUT2D eigenvalue weighted by molar-refractivity contribution is 4.70. The van der Waals surface area contributed by atoms with Gasteiger partial charge in [0.05, 0.1) is 19.3 Å². The van der Waals surface area contributed by atoms with Crippen LogP contribution in [0.25, 0.3) is 0 Å². The molecule has 0 N–H and O–H groups in total. The lowest BCUT2D eigenvalue weighted by Crippen LogP contribution is -2.44. The molecule has 1 fully saturated rings. The first-order valence-electron chi connectivity index (χ1n) is 6.71. The molecule has 16 heavy (non-hydrogen) atoms. The Hall–Kier alpha value is -0.120. The van der Waals surface area contributed by atoms with Gasteiger partial charge in [0, 0.05) is 25.7 Å². The maximum absolute atomic E-state index is 5.81. The number of nitrogens with zero attached hydrogens (tertiary/aromatic N) is 1. The average molecular weight is 229 g/mol. The van der Waals surface area contributed by atoms with Gasteiger partial charge < -0.3 is 9.47 Å². The minimum Gasteiger partial charge on any atom is -0.379 e. The Labute approximate surface area is 100 Å². The molecule has 1 atom stereocenters. The van der Waals surface area contributed by atoms with Crippen molar-refractivity contribution in [3.63, 3.8) is 0 Å². The molecule has 0 radical (unpaired) electrons. The van der Waals surface area contributed by atoms with E-state index in [0.717, 1.165) is 52.2 Å². The summed E-state index contributed by atoms with van der Waals surface area (Å²) in [6.45, 7) is 11.5. The van der Waals surface area contributed by atoms with Gasteiger partial charge >= 0.3 is 0 Å². The molecule has 0 spiro atoms. The van der Waals surface area contributed by atoms with Crippen LogP contribution < -0.4 is 0 Å². The summed E-state index contributed by atoms with van der Waals surface area (Å²) in [6.07, 6.45) is 3.86. The fourth-order valence-electron chi connectivity index (χ4n) is 2.14. The third kappa shape index (κ3) is 4.81. The Bertz CT molecular complexity index is 171. The second kappa shape index (κ2) is 8.04. The van der Waals surface area contributed by atoms with Gasteiger partial charge in [0.25, 0.3) is 0 Å². The Morgan fingerprint density at radius 3 is 2.75 bits per heavy atom. The number of hydrogen-bond donors (Lipinski definition) is 0. The number of ether oxygens (including phenoxy) is 2. The van der Waals surface area contributed by atoms with Crippen molar-refractivity contribution in [1.29, 1.82) is 0 Å². The third-order valence-corrected chi connectivity index (χ3v) is 3.36. The lowest BCUT2D eigenvalue weighted by molar-refractivity contribution is -0.00956. The molecule has 0 aromatic rings. The zero-order chi connectivity index (χ0) is 11.8. The van der Waals surface area contributed by atoms with Gasteiger partial charge in [-0.25, -0.2) is 0 Å². The summed E-state index contributed by atoms with van der Waals surface area (Å²) in [4.78, 5) is 2.50. The Morgan fingerprint density at radius 2 is 2.12 bits per heavy atom. The number of rotatable bonds is 7. The Morgan fingerprint density at radius 1 is 1.38 bits per heavy atom. The molecular formula is C13H27NO2. The van der Waals surface area contributed by atoms with Crippen molar-refractivity contribution in [2.24, 2.45) is 0 Å². The molecule has 1 rings (SSSR count). The summed E-state index contributed by atoms with van der Waals surface area (Å²) < 4.78 is 11.2. The number of hydrogen-bond acceptors (Lipinski definition) is 3. The van der Waals surface area contributed by atoms with Crippen LogP contribution in [0.3, 0.4) is 0 Å². The fourth-order valence-corrected chi connectivity index (χ4v) is 2.14. The zero-order valence-electron chi connectivity index (χ0n) is 11.1. The van der Waals surface area contributed by atoms with E-state index in [4.69, 9.17) is 9.47 Å². The summed E-state index contributed by atoms with van der Waals surface area (Å²) in [6, 6.07) is 0.571. The molecule has 96 valence electrons. The van der Waals surface area contributed by atoms with E-state index in [9.17, 15) is 0 Å². The second-order valence-electron chi connectivity index (χ2n) is 4.62. The van der Waals surface area contributed by atoms with Gasteiger partial charge in [0.2, 0.25) is 0 Å². The Balaban J connectivity index is 2.05. The molecule has 1 heterocycles. The van der Waals surface area contributed by atoms with E-state index in [0.29, 0.717) is 12.1 Å². The van der Waals surface area contributed by atoms with Crippen LogP contribution in [0.2, 0.25) is 0 Å². The van der Waals surface area contributed by atoms with Gasteiger partial charge in [0.1, 0.15) is 0 Å². The largest absolute Gasteiger partial charge is 0.379 e. The van der Waals surface area contributed by atoms with Gasteiger partial charge in [-0.1, -0.05) is 13.8 Å². The van der Waals surface area contributed by atoms with Crippen LogP contribution in [-0.4, -0.2) is 50.0 Å². The van der Waals surface area contributed by atoms with Crippen molar-refractivity contribution in [1.82, 2.24) is 4.90 Å². The first-order valence-corrected chi connectivity index (χ1v) is 6.71. The van der Waals surface area contributed by atoms with Crippen LogP contribution in [0.1, 0.15) is 40.0 Å². The summed E-state index contributed by atoms with van der Waals surface area (Å²) in [5.41, 5.74) is 0. The predicted octanol–water partition coefficient (Wildman–Crippen LogP) is 2.30. The van der Waals surface area contributed by atoms with Gasteiger partial charge in [-0.05, 0) is 26.2 Å². The molecule has 0 unspecified atom stereocenters. The van der Waals surface area contributed by atoms with Gasteiger partial charge in [-0.2, -0.15) is 0 Å². The van der Waals surface area contributed by atoms with E-state index in [1.165, 1.54) is 0 Å². The van der Waals surface area contributed by atoms with E-state index in [1.54, 1.807) is 0 Å². The summed E-state index contributed by atoms with van der Waals surface area (Å²) >= 11 is 0. The smallest absolute Gasteiger partial charge is 0.0619 e. The van der Waals surface area contributed by atoms with Crippen molar-refractivity contribution in [2.45, 2.75) is 52.2 Å². The SMILES string of the molecule is CCC(CC)OCCCN1CCOC[C@@H]1C. The third-order valence-electron chi connectivity index (χ3n) is 3.36. The summed E-state index contributed by atoms with van der Waals surface area (Å²) in [5.74, 6) is 0. The van der Waals surface area contributed by atoms with Gasteiger partial charge in [-0.3, -0.25) is 4.90 Å². The van der Waals surface area contributed by atoms with Crippen molar-refractivity contribution in [3.05, 3.63) is 0 Å². The molecular weight excluding hydrogens is 202 g/mol. The molecule has 0 saturated carbocycles. The minimum absolute atomic E-state index is 0.460. The minimum atomic E-state index is 0.460. The molecule has 3 nitrogen and oxygen atoms in total. The van der Waals surface area contributed by atoms with Crippen molar-refractivity contribution in [2.75, 3.05) is 32.9 Å². The van der Waals surface area contributed by atoms with Crippen molar-refractivity contribution < 1.29 is 9.47 Å². The zero-order valence-corrected chi connectivity index (χ0v) is 11.1. The average Bonchev–Trinajstić information content (AvgIpc) is 2.31. The molecule has 1 aliphatic rings. The van der Waals surface area contributed by atoms with E-state index < -0.39 is 0 Å². The van der Waals surface area contributed by atoms with Crippen LogP contribution >= 0.6 is 0 Å². The van der Waals surface area contributed by atoms with E-state index >= 15 is 0 Å². The van der Waals surface area contributed by atoms with Crippen LogP contribution in [0.5, 0.6) is 0 Å². The molecule has 1 saturated heterocycles. The quantitative estimate of drug-likeness (QED) is 0.625. The molecule has 1 aliphatic heterocycles. The normalized spacial score (nSPS) is 22.9. The molecule has 0 aliphatic carbocycles. The monoisotopic (exact) mass is 229 g/mol. The van der Waals surface area contributed by atoms with Gasteiger partial charge in [-0.15, -0.1) is 0 Å². The molecule has 0 aromatic heterocycles. The maximum atomic E-state index is 5.81.